The Morgan fingerprint density at radius 1 is 0.593 bits per heavy atom. The second-order valence-electron chi connectivity index (χ2n) is 6.49. The summed E-state index contributed by atoms with van der Waals surface area (Å²) in [5, 5.41) is 0. The predicted molar refractivity (Wildman–Crippen MR) is 115 cm³/mol. The van der Waals surface area contributed by atoms with Crippen molar-refractivity contribution in [2.45, 2.75) is 65.7 Å². The first-order valence-electron chi connectivity index (χ1n) is 10.1. The zero-order chi connectivity index (χ0) is 20.8. The highest BCUT2D eigenvalue weighted by Crippen LogP contribution is 2.28. The van der Waals surface area contributed by atoms with E-state index < -0.39 is 26.2 Å². The van der Waals surface area contributed by atoms with Crippen molar-refractivity contribution in [2.75, 3.05) is 39.5 Å². The van der Waals surface area contributed by atoms with E-state index in [1.165, 1.54) is 0 Å². The summed E-state index contributed by atoms with van der Waals surface area (Å²) in [5.41, 5.74) is 11.4. The fraction of sp³-hybridized carbons (Fsp3) is 1.00. The van der Waals surface area contributed by atoms with E-state index in [9.17, 15) is 0 Å². The van der Waals surface area contributed by atoms with E-state index in [0.29, 0.717) is 51.6 Å². The lowest BCUT2D eigenvalue weighted by atomic mass is 10.5. The molecule has 0 aromatic carbocycles. The van der Waals surface area contributed by atoms with Gasteiger partial charge in [0.25, 0.3) is 0 Å². The lowest BCUT2D eigenvalue weighted by Gasteiger charge is -2.40. The topological polar surface area (TPSA) is 107 Å². The third kappa shape index (κ3) is 10.6. The molecule has 4 N–H and O–H groups in total. The molecule has 0 rings (SSSR count). The minimum atomic E-state index is -2.89. The molecule has 0 aliphatic heterocycles. The first-order valence-corrected chi connectivity index (χ1v) is 16.8. The van der Waals surface area contributed by atoms with Gasteiger partial charge in [-0.3, -0.25) is 0 Å². The average Bonchev–Trinajstić information content (AvgIpc) is 2.58. The van der Waals surface area contributed by atoms with Crippen molar-refractivity contribution >= 4 is 26.2 Å². The standard InChI is InChI=1S/C16H42N2O6Si3/c1-7-19-26(20-8-2,15-11-13-17)23-25(5,6)24-27(21-9-3,22-10-4)16-12-14-18/h7-18H2,1-6H3. The van der Waals surface area contributed by atoms with Crippen LogP contribution in [0.4, 0.5) is 0 Å². The molecule has 164 valence electrons. The Bertz CT molecular complexity index is 336. The molecule has 11 heteroatoms. The van der Waals surface area contributed by atoms with Crippen LogP contribution in [-0.2, 0) is 25.9 Å². The van der Waals surface area contributed by atoms with Crippen molar-refractivity contribution in [2.24, 2.45) is 11.5 Å². The molecule has 0 saturated heterocycles. The summed E-state index contributed by atoms with van der Waals surface area (Å²) >= 11 is 0. The molecule has 0 bridgehead atoms. The number of hydrogen-bond donors (Lipinski definition) is 2. The van der Waals surface area contributed by atoms with Gasteiger partial charge in [0.2, 0.25) is 0 Å². The van der Waals surface area contributed by atoms with Gasteiger partial charge in [0.1, 0.15) is 0 Å². The maximum absolute atomic E-state index is 6.54. The molecule has 27 heavy (non-hydrogen) atoms. The van der Waals surface area contributed by atoms with Crippen molar-refractivity contribution in [3.63, 3.8) is 0 Å². The lowest BCUT2D eigenvalue weighted by molar-refractivity contribution is 0.0803. The van der Waals surface area contributed by atoms with Crippen molar-refractivity contribution in [1.82, 2.24) is 0 Å². The molecule has 0 aromatic rings. The first-order chi connectivity index (χ1) is 12.8. The van der Waals surface area contributed by atoms with E-state index in [2.05, 4.69) is 0 Å². The zero-order valence-corrected chi connectivity index (χ0v) is 21.2. The number of hydrogen-bond acceptors (Lipinski definition) is 8. The van der Waals surface area contributed by atoms with E-state index in [4.69, 9.17) is 37.4 Å². The summed E-state index contributed by atoms with van der Waals surface area (Å²) in [4.78, 5) is 0. The van der Waals surface area contributed by atoms with Crippen LogP contribution >= 0.6 is 0 Å². The number of nitrogens with two attached hydrogens (primary N) is 2. The van der Waals surface area contributed by atoms with Gasteiger partial charge in [0.15, 0.2) is 0 Å². The van der Waals surface area contributed by atoms with Crippen LogP contribution in [0.15, 0.2) is 0 Å². The highest BCUT2D eigenvalue weighted by molar-refractivity contribution is 6.82. The smallest absolute Gasteiger partial charge is 0.394 e. The molecule has 0 saturated carbocycles. The maximum atomic E-state index is 6.54. The van der Waals surface area contributed by atoms with Crippen LogP contribution in [0.1, 0.15) is 40.5 Å². The van der Waals surface area contributed by atoms with E-state index in [1.54, 1.807) is 0 Å². The summed E-state index contributed by atoms with van der Waals surface area (Å²) < 4.78 is 37.2. The van der Waals surface area contributed by atoms with E-state index >= 15 is 0 Å². The minimum absolute atomic E-state index is 0.522. The van der Waals surface area contributed by atoms with Crippen LogP contribution < -0.4 is 11.5 Å². The van der Waals surface area contributed by atoms with Crippen LogP contribution in [0.2, 0.25) is 25.2 Å². The van der Waals surface area contributed by atoms with Gasteiger partial charge in [-0.25, -0.2) is 0 Å². The number of rotatable bonds is 18. The SMILES string of the molecule is CCO[Si](CCCN)(OCC)O[Si](C)(C)O[Si](CCCN)(OCC)OCC. The molecule has 0 radical (unpaired) electrons. The van der Waals surface area contributed by atoms with E-state index in [1.807, 2.05) is 40.8 Å². The second-order valence-corrected chi connectivity index (χ2v) is 15.8. The van der Waals surface area contributed by atoms with Gasteiger partial charge >= 0.3 is 26.2 Å². The summed E-state index contributed by atoms with van der Waals surface area (Å²) in [5.74, 6) is 0. The van der Waals surface area contributed by atoms with Gasteiger partial charge < -0.3 is 37.4 Å². The summed E-state index contributed by atoms with van der Waals surface area (Å²) in [6, 6.07) is 1.34. The van der Waals surface area contributed by atoms with Crippen molar-refractivity contribution in [1.29, 1.82) is 0 Å². The molecule has 0 atom stereocenters. The van der Waals surface area contributed by atoms with Crippen molar-refractivity contribution < 1.29 is 25.9 Å². The van der Waals surface area contributed by atoms with Crippen LogP contribution in [-0.4, -0.2) is 65.7 Å². The maximum Gasteiger partial charge on any atom is 0.492 e. The Kier molecular flexibility index (Phi) is 14.5. The molecule has 0 heterocycles. The molecule has 0 aromatic heterocycles. The van der Waals surface area contributed by atoms with Crippen molar-refractivity contribution in [3.05, 3.63) is 0 Å². The van der Waals surface area contributed by atoms with E-state index in [-0.39, 0.29) is 0 Å². The third-order valence-electron chi connectivity index (χ3n) is 3.63. The van der Waals surface area contributed by atoms with Crippen LogP contribution in [0, 0.1) is 0 Å². The molecule has 0 amide bonds. The fourth-order valence-electron chi connectivity index (χ4n) is 2.88. The van der Waals surface area contributed by atoms with Crippen molar-refractivity contribution in [3.8, 4) is 0 Å². The molecule has 0 spiro atoms. The van der Waals surface area contributed by atoms with Gasteiger partial charge in [-0.15, -0.1) is 0 Å². The van der Waals surface area contributed by atoms with Crippen LogP contribution in [0.25, 0.3) is 0 Å². The molecule has 0 aliphatic rings. The predicted octanol–water partition coefficient (Wildman–Crippen LogP) is 2.44. The third-order valence-corrected chi connectivity index (χ3v) is 14.9. The fourth-order valence-corrected chi connectivity index (χ4v) is 14.9. The Balaban J connectivity index is 5.51. The Hall–Kier alpha value is 0.331. The Morgan fingerprint density at radius 3 is 1.11 bits per heavy atom. The van der Waals surface area contributed by atoms with Gasteiger partial charge in [-0.2, -0.15) is 0 Å². The Morgan fingerprint density at radius 2 is 0.889 bits per heavy atom. The molecular formula is C16H42N2O6Si3. The lowest BCUT2D eigenvalue weighted by Crippen LogP contribution is -2.60. The molecular weight excluding hydrogens is 400 g/mol. The molecule has 8 nitrogen and oxygen atoms in total. The highest BCUT2D eigenvalue weighted by Gasteiger charge is 2.52. The summed E-state index contributed by atoms with van der Waals surface area (Å²) in [7, 11) is -8.45. The van der Waals surface area contributed by atoms with Gasteiger partial charge in [0.05, 0.1) is 0 Å². The largest absolute Gasteiger partial charge is 0.492 e. The normalized spacial score (nSPS) is 13.3. The second kappa shape index (κ2) is 14.3. The first kappa shape index (κ1) is 27.3. The molecule has 0 unspecified atom stereocenters. The summed E-state index contributed by atoms with van der Waals surface area (Å²) in [6.45, 7) is 15.0. The van der Waals surface area contributed by atoms with Gasteiger partial charge in [-0.05, 0) is 66.7 Å². The van der Waals surface area contributed by atoms with Gasteiger partial charge in [0, 0.05) is 38.5 Å². The van der Waals surface area contributed by atoms with Crippen LogP contribution in [0.5, 0.6) is 0 Å². The zero-order valence-electron chi connectivity index (χ0n) is 18.2. The van der Waals surface area contributed by atoms with Gasteiger partial charge in [-0.1, -0.05) is 0 Å². The average molecular weight is 443 g/mol. The summed E-state index contributed by atoms with van der Waals surface area (Å²) in [6.07, 6.45) is 1.56. The molecule has 0 aliphatic carbocycles. The van der Waals surface area contributed by atoms with Crippen LogP contribution in [0.3, 0.4) is 0 Å². The van der Waals surface area contributed by atoms with E-state index in [0.717, 1.165) is 12.8 Å². The Labute approximate surface area is 169 Å². The highest BCUT2D eigenvalue weighted by atomic mass is 28.5. The minimum Gasteiger partial charge on any atom is -0.394 e. The monoisotopic (exact) mass is 442 g/mol. The molecule has 0 fully saturated rings. The quantitative estimate of drug-likeness (QED) is 0.312.